The Morgan fingerprint density at radius 1 is 1.24 bits per heavy atom. The van der Waals surface area contributed by atoms with Gasteiger partial charge in [-0.25, -0.2) is 13.2 Å². The summed E-state index contributed by atoms with van der Waals surface area (Å²) in [6.07, 6.45) is 0.721. The predicted octanol–water partition coefficient (Wildman–Crippen LogP) is 1.35. The van der Waals surface area contributed by atoms with Crippen LogP contribution in [0, 0.1) is 0 Å². The molecule has 21 heavy (non-hydrogen) atoms. The zero-order chi connectivity index (χ0) is 16.0. The van der Waals surface area contributed by atoms with Crippen molar-refractivity contribution in [1.82, 2.24) is 9.21 Å². The molecule has 0 fully saturated rings. The summed E-state index contributed by atoms with van der Waals surface area (Å²) in [5.74, 6) is -1.14. The smallest absolute Gasteiger partial charge is 0.335 e. The third-order valence-corrected chi connectivity index (χ3v) is 5.05. The zero-order valence-corrected chi connectivity index (χ0v) is 13.4. The van der Waals surface area contributed by atoms with Crippen molar-refractivity contribution < 1.29 is 18.3 Å². The number of sulfonamides is 1. The number of hydrogen-bond donors (Lipinski definition) is 1. The number of carbonyl (C=O) groups is 1. The van der Waals surface area contributed by atoms with Crippen molar-refractivity contribution in [2.24, 2.45) is 0 Å². The molecule has 7 heteroatoms. The maximum atomic E-state index is 12.5. The van der Waals surface area contributed by atoms with E-state index in [9.17, 15) is 13.2 Å². The molecule has 0 atom stereocenters. The highest BCUT2D eigenvalue weighted by atomic mass is 32.2. The lowest BCUT2D eigenvalue weighted by molar-refractivity contribution is 0.0696. The monoisotopic (exact) mass is 314 g/mol. The second-order valence-electron chi connectivity index (χ2n) is 4.99. The molecule has 0 bridgehead atoms. The summed E-state index contributed by atoms with van der Waals surface area (Å²) in [5.41, 5.74) is -0.0274. The minimum absolute atomic E-state index is 0.0223. The van der Waals surface area contributed by atoms with Crippen molar-refractivity contribution in [2.45, 2.75) is 18.2 Å². The Morgan fingerprint density at radius 3 is 2.43 bits per heavy atom. The van der Waals surface area contributed by atoms with E-state index in [0.29, 0.717) is 13.1 Å². The van der Waals surface area contributed by atoms with Crippen molar-refractivity contribution in [3.63, 3.8) is 0 Å². The quantitative estimate of drug-likeness (QED) is 0.783. The summed E-state index contributed by atoms with van der Waals surface area (Å²) >= 11 is 0. The van der Waals surface area contributed by atoms with Crippen molar-refractivity contribution in [1.29, 1.82) is 0 Å². The van der Waals surface area contributed by atoms with Gasteiger partial charge in [-0.3, -0.25) is 0 Å². The molecule has 0 saturated heterocycles. The highest BCUT2D eigenvalue weighted by molar-refractivity contribution is 7.89. The molecule has 1 aromatic carbocycles. The Balaban J connectivity index is 2.96. The van der Waals surface area contributed by atoms with Crippen LogP contribution in [-0.2, 0) is 10.0 Å². The normalized spacial score (nSPS) is 12.0. The van der Waals surface area contributed by atoms with Gasteiger partial charge in [0.05, 0.1) is 10.5 Å². The van der Waals surface area contributed by atoms with Crippen LogP contribution in [0.15, 0.2) is 29.2 Å². The van der Waals surface area contributed by atoms with Gasteiger partial charge in [0.2, 0.25) is 10.0 Å². The fraction of sp³-hybridized carbons (Fsp3) is 0.500. The van der Waals surface area contributed by atoms with Gasteiger partial charge in [0.15, 0.2) is 0 Å². The van der Waals surface area contributed by atoms with Crippen LogP contribution in [-0.4, -0.2) is 62.4 Å². The topological polar surface area (TPSA) is 77.9 Å². The van der Waals surface area contributed by atoms with Crippen molar-refractivity contribution in [2.75, 3.05) is 33.7 Å². The summed E-state index contributed by atoms with van der Waals surface area (Å²) in [6, 6.07) is 5.45. The lowest BCUT2D eigenvalue weighted by atomic mass is 10.2. The van der Waals surface area contributed by atoms with Gasteiger partial charge >= 0.3 is 5.97 Å². The molecule has 0 aliphatic heterocycles. The number of benzene rings is 1. The Bertz CT molecular complexity index is 584. The minimum atomic E-state index is -3.65. The molecule has 0 aliphatic carbocycles. The molecule has 0 radical (unpaired) electrons. The average Bonchev–Trinajstić information content (AvgIpc) is 2.43. The second-order valence-corrected chi connectivity index (χ2v) is 6.92. The number of nitrogens with zero attached hydrogens (tertiary/aromatic N) is 2. The first kappa shape index (κ1) is 17.6. The fourth-order valence-electron chi connectivity index (χ4n) is 1.95. The first-order chi connectivity index (χ1) is 9.78. The maximum Gasteiger partial charge on any atom is 0.335 e. The van der Waals surface area contributed by atoms with Gasteiger partial charge in [-0.1, -0.05) is 13.0 Å². The third kappa shape index (κ3) is 4.80. The van der Waals surface area contributed by atoms with E-state index in [1.165, 1.54) is 28.6 Å². The van der Waals surface area contributed by atoms with Crippen LogP contribution in [0.2, 0.25) is 0 Å². The SMILES string of the molecule is CCN(CCCN(C)C)S(=O)(=O)c1cccc(C(=O)O)c1. The molecule has 0 heterocycles. The molecule has 1 rings (SSSR count). The summed E-state index contributed by atoms with van der Waals surface area (Å²) in [7, 11) is 0.210. The Kier molecular flexibility index (Phi) is 6.32. The number of hydrogen-bond acceptors (Lipinski definition) is 4. The first-order valence-corrected chi connectivity index (χ1v) is 8.21. The molecular formula is C14H22N2O4S. The van der Waals surface area contributed by atoms with Crippen LogP contribution in [0.3, 0.4) is 0 Å². The highest BCUT2D eigenvalue weighted by Crippen LogP contribution is 2.17. The van der Waals surface area contributed by atoms with Gasteiger partial charge in [-0.2, -0.15) is 4.31 Å². The Labute approximate surface area is 126 Å². The molecule has 1 N–H and O–H groups in total. The zero-order valence-electron chi connectivity index (χ0n) is 12.6. The molecule has 6 nitrogen and oxygen atoms in total. The number of aromatic carboxylic acids is 1. The highest BCUT2D eigenvalue weighted by Gasteiger charge is 2.23. The predicted molar refractivity (Wildman–Crippen MR) is 81.0 cm³/mol. The molecule has 0 unspecified atom stereocenters. The van der Waals surface area contributed by atoms with Gasteiger partial charge in [0.25, 0.3) is 0 Å². The molecule has 0 saturated carbocycles. The standard InChI is InChI=1S/C14H22N2O4S/c1-4-16(10-6-9-15(2)3)21(19,20)13-8-5-7-12(11-13)14(17)18/h5,7-8,11H,4,6,9-10H2,1-3H3,(H,17,18). The van der Waals surface area contributed by atoms with Gasteiger partial charge in [0.1, 0.15) is 0 Å². The third-order valence-electron chi connectivity index (χ3n) is 3.08. The second kappa shape index (κ2) is 7.53. The van der Waals surface area contributed by atoms with Crippen LogP contribution in [0.25, 0.3) is 0 Å². The number of carboxylic acids is 1. The lowest BCUT2D eigenvalue weighted by Gasteiger charge is -2.21. The van der Waals surface area contributed by atoms with E-state index in [1.54, 1.807) is 6.92 Å². The molecule has 0 spiro atoms. The fourth-order valence-corrected chi connectivity index (χ4v) is 3.48. The molecule has 0 amide bonds. The molecule has 0 aromatic heterocycles. The number of carboxylic acid groups (broad SMARTS) is 1. The lowest BCUT2D eigenvalue weighted by Crippen LogP contribution is -2.33. The van der Waals surface area contributed by atoms with Crippen molar-refractivity contribution in [3.8, 4) is 0 Å². The molecule has 0 aliphatic rings. The molecule has 118 valence electrons. The summed E-state index contributed by atoms with van der Waals surface area (Å²) < 4.78 is 26.4. The van der Waals surface area contributed by atoms with Gasteiger partial charge < -0.3 is 10.0 Å². The van der Waals surface area contributed by atoms with Crippen molar-refractivity contribution in [3.05, 3.63) is 29.8 Å². The first-order valence-electron chi connectivity index (χ1n) is 6.77. The molecule has 1 aromatic rings. The van der Waals surface area contributed by atoms with Crippen LogP contribution >= 0.6 is 0 Å². The van der Waals surface area contributed by atoms with E-state index in [0.717, 1.165) is 13.0 Å². The largest absolute Gasteiger partial charge is 0.478 e. The van der Waals surface area contributed by atoms with E-state index in [-0.39, 0.29) is 10.5 Å². The summed E-state index contributed by atoms with van der Waals surface area (Å²) in [4.78, 5) is 13.0. The van der Waals surface area contributed by atoms with E-state index in [1.807, 2.05) is 19.0 Å². The van der Waals surface area contributed by atoms with E-state index >= 15 is 0 Å². The van der Waals surface area contributed by atoms with E-state index in [4.69, 9.17) is 5.11 Å². The van der Waals surface area contributed by atoms with Crippen LogP contribution in [0.4, 0.5) is 0 Å². The Hall–Kier alpha value is -1.44. The van der Waals surface area contributed by atoms with Gasteiger partial charge in [-0.15, -0.1) is 0 Å². The minimum Gasteiger partial charge on any atom is -0.478 e. The van der Waals surface area contributed by atoms with Crippen LogP contribution < -0.4 is 0 Å². The Morgan fingerprint density at radius 2 is 1.90 bits per heavy atom. The van der Waals surface area contributed by atoms with Crippen LogP contribution in [0.5, 0.6) is 0 Å². The van der Waals surface area contributed by atoms with Gasteiger partial charge in [-0.05, 0) is 45.3 Å². The molecular weight excluding hydrogens is 292 g/mol. The maximum absolute atomic E-state index is 12.5. The van der Waals surface area contributed by atoms with Gasteiger partial charge in [0, 0.05) is 13.1 Å². The summed E-state index contributed by atoms with van der Waals surface area (Å²) in [6.45, 7) is 3.33. The number of rotatable bonds is 8. The average molecular weight is 314 g/mol. The van der Waals surface area contributed by atoms with E-state index in [2.05, 4.69) is 0 Å². The van der Waals surface area contributed by atoms with Crippen LogP contribution in [0.1, 0.15) is 23.7 Å². The van der Waals surface area contributed by atoms with E-state index < -0.39 is 16.0 Å². The van der Waals surface area contributed by atoms with Crippen molar-refractivity contribution >= 4 is 16.0 Å². The summed E-state index contributed by atoms with van der Waals surface area (Å²) in [5, 5.41) is 8.96.